The van der Waals surface area contributed by atoms with Crippen LogP contribution in [0.25, 0.3) is 0 Å². The van der Waals surface area contributed by atoms with Gasteiger partial charge < -0.3 is 10.1 Å². The summed E-state index contributed by atoms with van der Waals surface area (Å²) in [5.74, 6) is 0.557. The van der Waals surface area contributed by atoms with Crippen molar-refractivity contribution in [3.63, 3.8) is 0 Å². The summed E-state index contributed by atoms with van der Waals surface area (Å²) in [6, 6.07) is 11.7. The topological polar surface area (TPSA) is 64.4 Å². The molecular formula is C14H13ClN2O3. The molecule has 0 aromatic heterocycles. The number of ether oxygens (including phenoxy) is 1. The number of halogens is 1. The molecule has 0 amide bonds. The third kappa shape index (κ3) is 3.26. The highest BCUT2D eigenvalue weighted by atomic mass is 35.5. The predicted octanol–water partition coefficient (Wildman–Crippen LogP) is 3.76. The summed E-state index contributed by atoms with van der Waals surface area (Å²) in [4.78, 5) is 10.4. The molecule has 2 aromatic carbocycles. The molecule has 6 heteroatoms. The quantitative estimate of drug-likeness (QED) is 0.673. The van der Waals surface area contributed by atoms with Crippen LogP contribution in [0.3, 0.4) is 0 Å². The minimum atomic E-state index is -0.517. The van der Waals surface area contributed by atoms with Gasteiger partial charge in [-0.05, 0) is 30.8 Å². The van der Waals surface area contributed by atoms with Crippen LogP contribution in [-0.4, -0.2) is 12.0 Å². The fourth-order valence-electron chi connectivity index (χ4n) is 1.74. The Kier molecular flexibility index (Phi) is 4.55. The summed E-state index contributed by atoms with van der Waals surface area (Å²) in [6.45, 7) is 0.743. The van der Waals surface area contributed by atoms with Crippen LogP contribution in [0, 0.1) is 10.1 Å². The maximum absolute atomic E-state index is 11.0. The second-order valence-electron chi connectivity index (χ2n) is 4.12. The van der Waals surface area contributed by atoms with Crippen molar-refractivity contribution in [3.05, 3.63) is 63.2 Å². The monoisotopic (exact) mass is 292 g/mol. The van der Waals surface area contributed by atoms with Gasteiger partial charge in [0.15, 0.2) is 0 Å². The van der Waals surface area contributed by atoms with Crippen LogP contribution in [0.2, 0.25) is 5.02 Å². The standard InChI is InChI=1S/C14H13ClN2O3/c1-16-9-10-5-7-11(8-6-10)20-14-12(15)3-2-4-13(14)17(18)19/h2-8,16H,9H2,1H3. The number of para-hydroxylation sites is 1. The third-order valence-corrected chi connectivity index (χ3v) is 2.96. The molecule has 0 fully saturated rings. The molecule has 104 valence electrons. The van der Waals surface area contributed by atoms with Crippen molar-refractivity contribution in [2.45, 2.75) is 6.54 Å². The molecule has 0 unspecified atom stereocenters. The summed E-state index contributed by atoms with van der Waals surface area (Å²) < 4.78 is 5.54. The van der Waals surface area contributed by atoms with E-state index in [1.54, 1.807) is 18.2 Å². The van der Waals surface area contributed by atoms with Gasteiger partial charge in [0.05, 0.1) is 9.95 Å². The largest absolute Gasteiger partial charge is 0.449 e. The Labute approximate surface area is 121 Å². The lowest BCUT2D eigenvalue weighted by Crippen LogP contribution is -2.04. The van der Waals surface area contributed by atoms with Crippen LogP contribution in [0.15, 0.2) is 42.5 Å². The van der Waals surface area contributed by atoms with E-state index >= 15 is 0 Å². The van der Waals surface area contributed by atoms with Crippen molar-refractivity contribution in [2.24, 2.45) is 0 Å². The van der Waals surface area contributed by atoms with Gasteiger partial charge in [-0.15, -0.1) is 0 Å². The summed E-state index contributed by atoms with van der Waals surface area (Å²) >= 11 is 5.96. The van der Waals surface area contributed by atoms with Crippen LogP contribution < -0.4 is 10.1 Å². The van der Waals surface area contributed by atoms with Gasteiger partial charge in [0.1, 0.15) is 5.75 Å². The van der Waals surface area contributed by atoms with E-state index in [0.29, 0.717) is 5.75 Å². The molecule has 0 radical (unpaired) electrons. The van der Waals surface area contributed by atoms with Gasteiger partial charge in [-0.2, -0.15) is 0 Å². The average Bonchev–Trinajstić information content (AvgIpc) is 2.43. The molecule has 0 atom stereocenters. The maximum Gasteiger partial charge on any atom is 0.313 e. The summed E-state index contributed by atoms with van der Waals surface area (Å²) in [6.07, 6.45) is 0. The zero-order chi connectivity index (χ0) is 14.5. The Morgan fingerprint density at radius 1 is 1.25 bits per heavy atom. The first-order valence-corrected chi connectivity index (χ1v) is 6.34. The van der Waals surface area contributed by atoms with E-state index in [9.17, 15) is 10.1 Å². The Morgan fingerprint density at radius 3 is 2.55 bits per heavy atom. The first-order valence-electron chi connectivity index (χ1n) is 5.96. The second-order valence-corrected chi connectivity index (χ2v) is 4.53. The number of hydrogen-bond acceptors (Lipinski definition) is 4. The molecule has 2 aromatic rings. The summed E-state index contributed by atoms with van der Waals surface area (Å²) in [7, 11) is 1.86. The molecule has 0 aliphatic rings. The molecule has 0 heterocycles. The van der Waals surface area contributed by atoms with Gasteiger partial charge in [-0.1, -0.05) is 29.8 Å². The van der Waals surface area contributed by atoms with E-state index in [-0.39, 0.29) is 16.5 Å². The fraction of sp³-hybridized carbons (Fsp3) is 0.143. The van der Waals surface area contributed by atoms with Crippen molar-refractivity contribution in [2.75, 3.05) is 7.05 Å². The van der Waals surface area contributed by atoms with Crippen LogP contribution in [0.5, 0.6) is 11.5 Å². The molecule has 0 aliphatic carbocycles. The number of nitro groups is 1. The van der Waals surface area contributed by atoms with E-state index in [0.717, 1.165) is 12.1 Å². The molecule has 2 rings (SSSR count). The minimum Gasteiger partial charge on any atom is -0.449 e. The predicted molar refractivity (Wildman–Crippen MR) is 77.4 cm³/mol. The number of nitrogens with zero attached hydrogens (tertiary/aromatic N) is 1. The van der Waals surface area contributed by atoms with Crippen LogP contribution in [0.4, 0.5) is 5.69 Å². The Hall–Kier alpha value is -2.11. The van der Waals surface area contributed by atoms with E-state index < -0.39 is 4.92 Å². The highest BCUT2D eigenvalue weighted by molar-refractivity contribution is 6.32. The van der Waals surface area contributed by atoms with E-state index in [1.165, 1.54) is 12.1 Å². The van der Waals surface area contributed by atoms with E-state index in [2.05, 4.69) is 5.32 Å². The molecule has 5 nitrogen and oxygen atoms in total. The van der Waals surface area contributed by atoms with Crippen molar-refractivity contribution in [3.8, 4) is 11.5 Å². The fourth-order valence-corrected chi connectivity index (χ4v) is 1.95. The lowest BCUT2D eigenvalue weighted by molar-refractivity contribution is -0.385. The number of hydrogen-bond donors (Lipinski definition) is 1. The van der Waals surface area contributed by atoms with E-state index in [1.807, 2.05) is 19.2 Å². The molecule has 0 spiro atoms. The van der Waals surface area contributed by atoms with Crippen molar-refractivity contribution in [1.82, 2.24) is 5.32 Å². The van der Waals surface area contributed by atoms with Gasteiger partial charge in [0.25, 0.3) is 0 Å². The minimum absolute atomic E-state index is 0.0560. The molecular weight excluding hydrogens is 280 g/mol. The summed E-state index contributed by atoms with van der Waals surface area (Å²) in [5, 5.41) is 14.2. The van der Waals surface area contributed by atoms with Gasteiger partial charge in [-0.3, -0.25) is 10.1 Å². The average molecular weight is 293 g/mol. The van der Waals surface area contributed by atoms with Gasteiger partial charge in [0, 0.05) is 12.6 Å². The molecule has 0 saturated carbocycles. The van der Waals surface area contributed by atoms with Crippen molar-refractivity contribution >= 4 is 17.3 Å². The van der Waals surface area contributed by atoms with Crippen molar-refractivity contribution in [1.29, 1.82) is 0 Å². The lowest BCUT2D eigenvalue weighted by atomic mass is 10.2. The van der Waals surface area contributed by atoms with Crippen LogP contribution in [0.1, 0.15) is 5.56 Å². The SMILES string of the molecule is CNCc1ccc(Oc2c(Cl)cccc2[N+](=O)[O-])cc1. The second kappa shape index (κ2) is 6.36. The third-order valence-electron chi connectivity index (χ3n) is 2.67. The molecule has 0 aliphatic heterocycles. The lowest BCUT2D eigenvalue weighted by Gasteiger charge is -2.08. The highest BCUT2D eigenvalue weighted by Gasteiger charge is 2.18. The van der Waals surface area contributed by atoms with Gasteiger partial charge in [0.2, 0.25) is 5.75 Å². The Balaban J connectivity index is 2.27. The Morgan fingerprint density at radius 2 is 1.95 bits per heavy atom. The normalized spacial score (nSPS) is 10.3. The van der Waals surface area contributed by atoms with Gasteiger partial charge in [-0.25, -0.2) is 0 Å². The highest BCUT2D eigenvalue weighted by Crippen LogP contribution is 2.37. The molecule has 1 N–H and O–H groups in total. The number of nitrogens with one attached hydrogen (secondary N) is 1. The zero-order valence-electron chi connectivity index (χ0n) is 10.8. The van der Waals surface area contributed by atoms with Crippen LogP contribution >= 0.6 is 11.6 Å². The zero-order valence-corrected chi connectivity index (χ0v) is 11.6. The summed E-state index contributed by atoms with van der Waals surface area (Å²) in [5.41, 5.74) is 0.935. The Bertz CT molecular complexity index is 614. The van der Waals surface area contributed by atoms with Crippen LogP contribution in [-0.2, 0) is 6.54 Å². The van der Waals surface area contributed by atoms with Gasteiger partial charge >= 0.3 is 5.69 Å². The molecule has 20 heavy (non-hydrogen) atoms. The smallest absolute Gasteiger partial charge is 0.313 e. The first kappa shape index (κ1) is 14.3. The number of rotatable bonds is 5. The van der Waals surface area contributed by atoms with E-state index in [4.69, 9.17) is 16.3 Å². The molecule has 0 saturated heterocycles. The van der Waals surface area contributed by atoms with Crippen molar-refractivity contribution < 1.29 is 9.66 Å². The number of nitro benzene ring substituents is 1. The maximum atomic E-state index is 11.0. The number of benzene rings is 2. The molecule has 0 bridgehead atoms. The first-order chi connectivity index (χ1) is 9.61.